The van der Waals surface area contributed by atoms with E-state index in [0.29, 0.717) is 18.7 Å². The molecule has 1 aliphatic heterocycles. The molecule has 168 valence electrons. The first-order valence-electron chi connectivity index (χ1n) is 11.2. The van der Waals surface area contributed by atoms with Crippen LogP contribution in [0.5, 0.6) is 5.75 Å². The number of pyridine rings is 2. The number of aromatic nitrogens is 2. The highest BCUT2D eigenvalue weighted by atomic mass is 19.1. The quantitative estimate of drug-likeness (QED) is 0.363. The minimum absolute atomic E-state index is 0.277. The summed E-state index contributed by atoms with van der Waals surface area (Å²) < 4.78 is 25.2. The SMILES string of the molecule is CC(=O)OCCc1c(C)cc2nc(C(C)F)ccc2c1-c1ccc2c3c(ccnc13)CCO2. The molecule has 1 aliphatic rings. The molecular formula is C27H25FN2O3. The van der Waals surface area contributed by atoms with Crippen LogP contribution in [0.1, 0.15) is 42.4 Å². The summed E-state index contributed by atoms with van der Waals surface area (Å²) in [6.07, 6.45) is 2.08. The van der Waals surface area contributed by atoms with Gasteiger partial charge in [0.25, 0.3) is 0 Å². The Kier molecular flexibility index (Phi) is 5.44. The van der Waals surface area contributed by atoms with Crippen molar-refractivity contribution in [2.45, 2.75) is 39.8 Å². The lowest BCUT2D eigenvalue weighted by atomic mass is 9.88. The number of carbonyl (C=O) groups excluding carboxylic acids is 1. The van der Waals surface area contributed by atoms with Crippen molar-refractivity contribution in [1.29, 1.82) is 0 Å². The molecule has 0 aliphatic carbocycles. The molecule has 6 heteroatoms. The molecule has 2 aromatic heterocycles. The smallest absolute Gasteiger partial charge is 0.302 e. The molecule has 0 amide bonds. The first-order chi connectivity index (χ1) is 15.9. The monoisotopic (exact) mass is 444 g/mol. The van der Waals surface area contributed by atoms with Crippen molar-refractivity contribution >= 4 is 27.8 Å². The first-order valence-corrected chi connectivity index (χ1v) is 11.2. The molecule has 33 heavy (non-hydrogen) atoms. The van der Waals surface area contributed by atoms with E-state index in [1.807, 2.05) is 43.5 Å². The van der Waals surface area contributed by atoms with Gasteiger partial charge < -0.3 is 9.47 Å². The molecule has 1 unspecified atom stereocenters. The van der Waals surface area contributed by atoms with Crippen LogP contribution in [-0.4, -0.2) is 29.2 Å². The minimum Gasteiger partial charge on any atom is -0.493 e. The highest BCUT2D eigenvalue weighted by molar-refractivity contribution is 6.07. The Morgan fingerprint density at radius 3 is 2.88 bits per heavy atom. The third-order valence-corrected chi connectivity index (χ3v) is 6.25. The summed E-state index contributed by atoms with van der Waals surface area (Å²) >= 11 is 0. The van der Waals surface area contributed by atoms with E-state index in [0.717, 1.165) is 56.2 Å². The summed E-state index contributed by atoms with van der Waals surface area (Å²) in [5.74, 6) is 0.534. The molecule has 0 bridgehead atoms. The second-order valence-corrected chi connectivity index (χ2v) is 8.46. The van der Waals surface area contributed by atoms with Gasteiger partial charge in [-0.3, -0.25) is 9.78 Å². The van der Waals surface area contributed by atoms with Crippen LogP contribution in [0.25, 0.3) is 32.9 Å². The predicted octanol–water partition coefficient (Wildman–Crippen LogP) is 5.83. The van der Waals surface area contributed by atoms with Crippen LogP contribution >= 0.6 is 0 Å². The molecule has 0 saturated carbocycles. The van der Waals surface area contributed by atoms with Crippen LogP contribution in [0.4, 0.5) is 4.39 Å². The number of hydrogen-bond acceptors (Lipinski definition) is 5. The zero-order valence-electron chi connectivity index (χ0n) is 18.9. The number of fused-ring (bicyclic) bond motifs is 1. The zero-order chi connectivity index (χ0) is 23.1. The Bertz CT molecular complexity index is 1390. The maximum absolute atomic E-state index is 14.0. The molecule has 4 aromatic rings. The number of alkyl halides is 1. The molecule has 0 saturated heterocycles. The zero-order valence-corrected chi connectivity index (χ0v) is 18.9. The maximum Gasteiger partial charge on any atom is 0.302 e. The van der Waals surface area contributed by atoms with Crippen molar-refractivity contribution in [3.63, 3.8) is 0 Å². The van der Waals surface area contributed by atoms with Gasteiger partial charge in [0, 0.05) is 42.3 Å². The second kappa shape index (κ2) is 8.43. The van der Waals surface area contributed by atoms with E-state index in [2.05, 4.69) is 4.98 Å². The molecule has 0 fully saturated rings. The molecule has 5 nitrogen and oxygen atoms in total. The van der Waals surface area contributed by atoms with Gasteiger partial charge in [-0.15, -0.1) is 0 Å². The summed E-state index contributed by atoms with van der Waals surface area (Å²) in [7, 11) is 0. The van der Waals surface area contributed by atoms with Gasteiger partial charge >= 0.3 is 5.97 Å². The topological polar surface area (TPSA) is 61.3 Å². The predicted molar refractivity (Wildman–Crippen MR) is 126 cm³/mol. The molecule has 0 radical (unpaired) electrons. The first kappa shape index (κ1) is 21.3. The number of esters is 1. The highest BCUT2D eigenvalue weighted by Gasteiger charge is 2.22. The summed E-state index contributed by atoms with van der Waals surface area (Å²) in [5, 5.41) is 1.95. The lowest BCUT2D eigenvalue weighted by Gasteiger charge is -2.22. The lowest BCUT2D eigenvalue weighted by molar-refractivity contribution is -0.140. The van der Waals surface area contributed by atoms with Gasteiger partial charge in [0.05, 0.1) is 29.9 Å². The van der Waals surface area contributed by atoms with Gasteiger partial charge in [-0.25, -0.2) is 9.37 Å². The van der Waals surface area contributed by atoms with Crippen molar-refractivity contribution in [2.75, 3.05) is 13.2 Å². The number of halogens is 1. The van der Waals surface area contributed by atoms with Crippen molar-refractivity contribution < 1.29 is 18.7 Å². The average molecular weight is 445 g/mol. The number of carbonyl (C=O) groups is 1. The van der Waals surface area contributed by atoms with Crippen LogP contribution in [0.3, 0.4) is 0 Å². The largest absolute Gasteiger partial charge is 0.493 e. The van der Waals surface area contributed by atoms with E-state index in [9.17, 15) is 9.18 Å². The molecule has 0 N–H and O–H groups in total. The van der Waals surface area contributed by atoms with Crippen molar-refractivity contribution in [2.24, 2.45) is 0 Å². The Morgan fingerprint density at radius 1 is 1.24 bits per heavy atom. The van der Waals surface area contributed by atoms with Gasteiger partial charge in [0.15, 0.2) is 0 Å². The third-order valence-electron chi connectivity index (χ3n) is 6.25. The number of hydrogen-bond donors (Lipinski definition) is 0. The minimum atomic E-state index is -1.15. The fourth-order valence-corrected chi connectivity index (χ4v) is 4.72. The molecule has 5 rings (SSSR count). The van der Waals surface area contributed by atoms with Crippen molar-refractivity contribution in [3.05, 3.63) is 65.0 Å². The van der Waals surface area contributed by atoms with E-state index in [4.69, 9.17) is 14.5 Å². The van der Waals surface area contributed by atoms with E-state index >= 15 is 0 Å². The second-order valence-electron chi connectivity index (χ2n) is 8.46. The van der Waals surface area contributed by atoms with Gasteiger partial charge in [-0.2, -0.15) is 0 Å². The van der Waals surface area contributed by atoms with E-state index in [1.165, 1.54) is 19.4 Å². The standard InChI is InChI=1S/C27H25FN2O3/c1-15-14-23-20(4-6-22(30-23)16(2)28)26(19(15)10-13-32-17(3)31)21-5-7-24-25-18(9-12-33-24)8-11-29-27(21)25/h4-8,11,14,16H,9-10,12-13H2,1-3H3. The Labute approximate surface area is 191 Å². The normalized spacial score (nSPS) is 13.7. The summed E-state index contributed by atoms with van der Waals surface area (Å²) in [4.78, 5) is 20.7. The number of aryl methyl sites for hydroxylation is 1. The maximum atomic E-state index is 14.0. The molecule has 2 aromatic carbocycles. The number of benzene rings is 2. The summed E-state index contributed by atoms with van der Waals surface area (Å²) in [5.41, 5.74) is 7.26. The number of nitrogens with zero attached hydrogens (tertiary/aromatic N) is 2. The Morgan fingerprint density at radius 2 is 2.09 bits per heavy atom. The van der Waals surface area contributed by atoms with Crippen molar-refractivity contribution in [3.8, 4) is 16.9 Å². The van der Waals surface area contributed by atoms with Gasteiger partial charge in [0.1, 0.15) is 11.9 Å². The van der Waals surface area contributed by atoms with E-state index in [1.54, 1.807) is 6.07 Å². The molecule has 1 atom stereocenters. The fraction of sp³-hybridized carbons (Fsp3) is 0.296. The summed E-state index contributed by atoms with van der Waals surface area (Å²) in [6, 6.07) is 11.7. The van der Waals surface area contributed by atoms with E-state index in [-0.39, 0.29) is 12.6 Å². The molecular weight excluding hydrogens is 419 g/mol. The van der Waals surface area contributed by atoms with Gasteiger partial charge in [-0.1, -0.05) is 6.07 Å². The van der Waals surface area contributed by atoms with Crippen LogP contribution in [0.2, 0.25) is 0 Å². The molecule has 3 heterocycles. The Hall–Kier alpha value is -3.54. The van der Waals surface area contributed by atoms with E-state index < -0.39 is 6.17 Å². The highest BCUT2D eigenvalue weighted by Crippen LogP contribution is 2.42. The third kappa shape index (κ3) is 3.80. The Balaban J connectivity index is 1.80. The van der Waals surface area contributed by atoms with Crippen LogP contribution in [0.15, 0.2) is 42.6 Å². The number of ether oxygens (including phenoxy) is 2. The van der Waals surface area contributed by atoms with Gasteiger partial charge in [-0.05, 0) is 66.4 Å². The van der Waals surface area contributed by atoms with Crippen LogP contribution in [-0.2, 0) is 22.4 Å². The van der Waals surface area contributed by atoms with Crippen molar-refractivity contribution in [1.82, 2.24) is 9.97 Å². The molecule has 0 spiro atoms. The number of rotatable bonds is 5. The average Bonchev–Trinajstić information content (AvgIpc) is 2.79. The van der Waals surface area contributed by atoms with Gasteiger partial charge in [0.2, 0.25) is 0 Å². The lowest BCUT2D eigenvalue weighted by Crippen LogP contribution is -2.10. The fourth-order valence-electron chi connectivity index (χ4n) is 4.72. The summed E-state index contributed by atoms with van der Waals surface area (Å²) in [6.45, 7) is 5.85. The van der Waals surface area contributed by atoms with Crippen LogP contribution in [0, 0.1) is 6.92 Å². The van der Waals surface area contributed by atoms with Crippen LogP contribution < -0.4 is 4.74 Å².